The quantitative estimate of drug-likeness (QED) is 0.758. The first kappa shape index (κ1) is 10.5. The SMILES string of the molecule is FC(F)(F)c1cccc([C@@H]2CCCN2)c1. The third-order valence-electron chi connectivity index (χ3n) is 2.68. The van der Waals surface area contributed by atoms with Crippen molar-refractivity contribution in [1.29, 1.82) is 0 Å². The molecule has 1 aliphatic heterocycles. The summed E-state index contributed by atoms with van der Waals surface area (Å²) in [5, 5.41) is 3.18. The minimum Gasteiger partial charge on any atom is -0.310 e. The molecule has 1 aromatic carbocycles. The van der Waals surface area contributed by atoms with Crippen LogP contribution in [0.1, 0.15) is 30.0 Å². The lowest BCUT2D eigenvalue weighted by molar-refractivity contribution is -0.137. The van der Waals surface area contributed by atoms with Gasteiger partial charge in [0.15, 0.2) is 0 Å². The zero-order valence-electron chi connectivity index (χ0n) is 8.14. The number of alkyl halides is 3. The fourth-order valence-electron chi connectivity index (χ4n) is 1.90. The summed E-state index contributed by atoms with van der Waals surface area (Å²) in [7, 11) is 0. The van der Waals surface area contributed by atoms with Crippen LogP contribution >= 0.6 is 0 Å². The van der Waals surface area contributed by atoms with Gasteiger partial charge in [0.05, 0.1) is 5.56 Å². The van der Waals surface area contributed by atoms with E-state index in [0.29, 0.717) is 0 Å². The molecule has 0 aromatic heterocycles. The first-order chi connectivity index (χ1) is 7.07. The molecule has 0 spiro atoms. The predicted octanol–water partition coefficient (Wildman–Crippen LogP) is 3.13. The van der Waals surface area contributed by atoms with Gasteiger partial charge in [-0.25, -0.2) is 0 Å². The Balaban J connectivity index is 2.26. The summed E-state index contributed by atoms with van der Waals surface area (Å²) in [5.41, 5.74) is 0.177. The molecule has 15 heavy (non-hydrogen) atoms. The Labute approximate surface area is 86.3 Å². The summed E-state index contributed by atoms with van der Waals surface area (Å²) < 4.78 is 37.3. The molecule has 0 amide bonds. The molecule has 0 unspecified atom stereocenters. The molecule has 1 aliphatic rings. The van der Waals surface area contributed by atoms with E-state index in [2.05, 4.69) is 5.32 Å². The van der Waals surface area contributed by atoms with Crippen LogP contribution in [0.2, 0.25) is 0 Å². The maximum atomic E-state index is 12.4. The average molecular weight is 215 g/mol. The fraction of sp³-hybridized carbons (Fsp3) is 0.455. The van der Waals surface area contributed by atoms with Crippen molar-refractivity contribution < 1.29 is 13.2 Å². The molecule has 0 saturated carbocycles. The van der Waals surface area contributed by atoms with Crippen molar-refractivity contribution in [2.45, 2.75) is 25.1 Å². The van der Waals surface area contributed by atoms with E-state index < -0.39 is 11.7 Å². The summed E-state index contributed by atoms with van der Waals surface area (Å²) >= 11 is 0. The van der Waals surface area contributed by atoms with E-state index in [1.165, 1.54) is 12.1 Å². The van der Waals surface area contributed by atoms with Crippen LogP contribution in [0, 0.1) is 0 Å². The number of rotatable bonds is 1. The van der Waals surface area contributed by atoms with E-state index in [9.17, 15) is 13.2 Å². The van der Waals surface area contributed by atoms with Crippen LogP contribution in [0.15, 0.2) is 24.3 Å². The van der Waals surface area contributed by atoms with Crippen LogP contribution < -0.4 is 5.32 Å². The van der Waals surface area contributed by atoms with Gasteiger partial charge in [0.2, 0.25) is 0 Å². The van der Waals surface area contributed by atoms with Crippen LogP contribution in [0.3, 0.4) is 0 Å². The highest BCUT2D eigenvalue weighted by atomic mass is 19.4. The minimum absolute atomic E-state index is 0.0901. The second-order valence-corrected chi connectivity index (χ2v) is 3.77. The lowest BCUT2D eigenvalue weighted by atomic mass is 10.0. The summed E-state index contributed by atoms with van der Waals surface area (Å²) in [6, 6.07) is 5.66. The van der Waals surface area contributed by atoms with Gasteiger partial charge in [-0.1, -0.05) is 12.1 Å². The molecular formula is C11H12F3N. The molecule has 1 N–H and O–H groups in total. The smallest absolute Gasteiger partial charge is 0.310 e. The van der Waals surface area contributed by atoms with Gasteiger partial charge in [0.1, 0.15) is 0 Å². The van der Waals surface area contributed by atoms with Crippen molar-refractivity contribution >= 4 is 0 Å². The molecule has 1 atom stereocenters. The second-order valence-electron chi connectivity index (χ2n) is 3.77. The highest BCUT2D eigenvalue weighted by Crippen LogP contribution is 2.32. The van der Waals surface area contributed by atoms with Crippen LogP contribution in [0.4, 0.5) is 13.2 Å². The van der Waals surface area contributed by atoms with Crippen LogP contribution in [-0.4, -0.2) is 6.54 Å². The van der Waals surface area contributed by atoms with Gasteiger partial charge in [-0.3, -0.25) is 0 Å². The van der Waals surface area contributed by atoms with E-state index in [0.717, 1.165) is 31.0 Å². The molecule has 1 aromatic rings. The van der Waals surface area contributed by atoms with Crippen LogP contribution in [0.5, 0.6) is 0 Å². The van der Waals surface area contributed by atoms with Crippen LogP contribution in [0.25, 0.3) is 0 Å². The summed E-state index contributed by atoms with van der Waals surface area (Å²) in [6.45, 7) is 0.890. The lowest BCUT2D eigenvalue weighted by Gasteiger charge is -2.13. The Morgan fingerprint density at radius 3 is 2.67 bits per heavy atom. The van der Waals surface area contributed by atoms with Gasteiger partial charge in [-0.05, 0) is 37.1 Å². The topological polar surface area (TPSA) is 12.0 Å². The predicted molar refractivity (Wildman–Crippen MR) is 51.4 cm³/mol. The van der Waals surface area contributed by atoms with Gasteiger partial charge in [-0.15, -0.1) is 0 Å². The Hall–Kier alpha value is -1.03. The molecular weight excluding hydrogens is 203 g/mol. The number of nitrogens with one attached hydrogen (secondary N) is 1. The van der Waals surface area contributed by atoms with Gasteiger partial charge in [0.25, 0.3) is 0 Å². The lowest BCUT2D eigenvalue weighted by Crippen LogP contribution is -2.14. The van der Waals surface area contributed by atoms with Crippen molar-refractivity contribution in [3.05, 3.63) is 35.4 Å². The van der Waals surface area contributed by atoms with Crippen molar-refractivity contribution in [3.63, 3.8) is 0 Å². The zero-order valence-corrected chi connectivity index (χ0v) is 8.14. The van der Waals surface area contributed by atoms with Crippen molar-refractivity contribution in [3.8, 4) is 0 Å². The number of hydrogen-bond acceptors (Lipinski definition) is 1. The van der Waals surface area contributed by atoms with Gasteiger partial charge >= 0.3 is 6.18 Å². The van der Waals surface area contributed by atoms with Gasteiger partial charge in [-0.2, -0.15) is 13.2 Å². The highest BCUT2D eigenvalue weighted by Gasteiger charge is 2.31. The Bertz CT molecular complexity index is 340. The third kappa shape index (κ3) is 2.31. The van der Waals surface area contributed by atoms with Crippen molar-refractivity contribution in [2.75, 3.05) is 6.54 Å². The maximum absolute atomic E-state index is 12.4. The number of hydrogen-bond donors (Lipinski definition) is 1. The maximum Gasteiger partial charge on any atom is 0.416 e. The van der Waals surface area contributed by atoms with E-state index in [1.807, 2.05) is 0 Å². The summed E-state index contributed by atoms with van der Waals surface area (Å²) in [6.07, 6.45) is -2.29. The molecule has 82 valence electrons. The summed E-state index contributed by atoms with van der Waals surface area (Å²) in [4.78, 5) is 0. The molecule has 1 saturated heterocycles. The average Bonchev–Trinajstić information content (AvgIpc) is 2.69. The Kier molecular flexibility index (Phi) is 2.69. The first-order valence-corrected chi connectivity index (χ1v) is 4.98. The molecule has 0 aliphatic carbocycles. The molecule has 1 nitrogen and oxygen atoms in total. The van der Waals surface area contributed by atoms with Crippen LogP contribution in [-0.2, 0) is 6.18 Å². The zero-order chi connectivity index (χ0) is 10.9. The normalized spacial score (nSPS) is 21.9. The fourth-order valence-corrected chi connectivity index (χ4v) is 1.90. The molecule has 2 rings (SSSR count). The van der Waals surface area contributed by atoms with Gasteiger partial charge in [0, 0.05) is 6.04 Å². The van der Waals surface area contributed by atoms with Crippen molar-refractivity contribution in [2.24, 2.45) is 0 Å². The standard InChI is InChI=1S/C11H12F3N/c12-11(13,14)9-4-1-3-8(7-9)10-5-2-6-15-10/h1,3-4,7,10,15H,2,5-6H2/t10-/m0/s1. The minimum atomic E-state index is -4.24. The molecule has 1 fully saturated rings. The molecule has 1 heterocycles. The molecule has 4 heteroatoms. The Morgan fingerprint density at radius 2 is 2.07 bits per heavy atom. The molecule has 0 bridgehead atoms. The monoisotopic (exact) mass is 215 g/mol. The Morgan fingerprint density at radius 1 is 1.27 bits per heavy atom. The van der Waals surface area contributed by atoms with E-state index in [-0.39, 0.29) is 6.04 Å². The van der Waals surface area contributed by atoms with Gasteiger partial charge < -0.3 is 5.32 Å². The van der Waals surface area contributed by atoms with E-state index in [1.54, 1.807) is 6.07 Å². The molecule has 0 radical (unpaired) electrons. The number of halogens is 3. The first-order valence-electron chi connectivity index (χ1n) is 4.98. The van der Waals surface area contributed by atoms with E-state index >= 15 is 0 Å². The summed E-state index contributed by atoms with van der Waals surface area (Å²) in [5.74, 6) is 0. The largest absolute Gasteiger partial charge is 0.416 e. The number of benzene rings is 1. The second kappa shape index (κ2) is 3.85. The van der Waals surface area contributed by atoms with Crippen molar-refractivity contribution in [1.82, 2.24) is 5.32 Å². The third-order valence-corrected chi connectivity index (χ3v) is 2.68. The van der Waals surface area contributed by atoms with E-state index in [4.69, 9.17) is 0 Å². The highest BCUT2D eigenvalue weighted by molar-refractivity contribution is 5.28.